The van der Waals surface area contributed by atoms with Crippen molar-refractivity contribution >= 4 is 17.3 Å². The Labute approximate surface area is 176 Å². The second-order valence-electron chi connectivity index (χ2n) is 8.43. The van der Waals surface area contributed by atoms with Crippen molar-refractivity contribution in [3.63, 3.8) is 0 Å². The molecule has 1 atom stereocenters. The number of benzene rings is 2. The van der Waals surface area contributed by atoms with E-state index in [0.717, 1.165) is 30.9 Å². The SMILES string of the molecule is C=C(OC1CN2CCC1CC2)N(C)c1cccc2c1C(=O)N(c1ccc(F)cc1)C2. The van der Waals surface area contributed by atoms with Crippen LogP contribution in [0.5, 0.6) is 0 Å². The smallest absolute Gasteiger partial charge is 0.261 e. The molecule has 4 heterocycles. The van der Waals surface area contributed by atoms with Gasteiger partial charge in [0, 0.05) is 19.3 Å². The maximum absolute atomic E-state index is 13.3. The number of fused-ring (bicyclic) bond motifs is 4. The lowest BCUT2D eigenvalue weighted by Crippen LogP contribution is -2.51. The summed E-state index contributed by atoms with van der Waals surface area (Å²) >= 11 is 0. The zero-order chi connectivity index (χ0) is 20.8. The van der Waals surface area contributed by atoms with Gasteiger partial charge in [0.25, 0.3) is 5.91 Å². The maximum Gasteiger partial charge on any atom is 0.261 e. The molecular weight excluding hydrogens is 381 g/mol. The van der Waals surface area contributed by atoms with E-state index < -0.39 is 0 Å². The van der Waals surface area contributed by atoms with Gasteiger partial charge in [0.2, 0.25) is 0 Å². The minimum absolute atomic E-state index is 0.0882. The van der Waals surface area contributed by atoms with Gasteiger partial charge in [-0.3, -0.25) is 9.69 Å². The van der Waals surface area contributed by atoms with E-state index in [-0.39, 0.29) is 17.8 Å². The summed E-state index contributed by atoms with van der Waals surface area (Å²) in [5.74, 6) is 0.742. The fourth-order valence-corrected chi connectivity index (χ4v) is 4.88. The average molecular weight is 407 g/mol. The highest BCUT2D eigenvalue weighted by atomic mass is 19.1. The van der Waals surface area contributed by atoms with Gasteiger partial charge >= 0.3 is 0 Å². The molecule has 0 radical (unpaired) electrons. The zero-order valence-electron chi connectivity index (χ0n) is 17.2. The first-order chi connectivity index (χ1) is 14.5. The number of carbonyl (C=O) groups is 1. The molecule has 156 valence electrons. The van der Waals surface area contributed by atoms with E-state index >= 15 is 0 Å². The number of rotatable bonds is 5. The van der Waals surface area contributed by atoms with Crippen LogP contribution in [0.25, 0.3) is 0 Å². The van der Waals surface area contributed by atoms with Crippen LogP contribution in [-0.2, 0) is 11.3 Å². The molecule has 0 N–H and O–H groups in total. The summed E-state index contributed by atoms with van der Waals surface area (Å²) in [5.41, 5.74) is 3.08. The Morgan fingerprint density at radius 3 is 2.57 bits per heavy atom. The number of piperidine rings is 3. The Kier molecular flexibility index (Phi) is 4.74. The summed E-state index contributed by atoms with van der Waals surface area (Å²) in [5, 5.41) is 0. The number of halogens is 1. The normalized spacial score (nSPS) is 24.7. The highest BCUT2D eigenvalue weighted by Crippen LogP contribution is 2.36. The largest absolute Gasteiger partial charge is 0.474 e. The van der Waals surface area contributed by atoms with Crippen molar-refractivity contribution < 1.29 is 13.9 Å². The summed E-state index contributed by atoms with van der Waals surface area (Å²) in [7, 11) is 1.90. The Morgan fingerprint density at radius 2 is 1.90 bits per heavy atom. The molecule has 6 heteroatoms. The van der Waals surface area contributed by atoms with Crippen molar-refractivity contribution in [2.24, 2.45) is 5.92 Å². The molecule has 2 bridgehead atoms. The Hall–Kier alpha value is -2.86. The lowest BCUT2D eigenvalue weighted by molar-refractivity contribution is -0.0423. The number of carbonyl (C=O) groups excluding carboxylic acids is 1. The number of ether oxygens (including phenoxy) is 1. The van der Waals surface area contributed by atoms with E-state index in [1.807, 2.05) is 30.1 Å². The molecule has 1 amide bonds. The predicted molar refractivity (Wildman–Crippen MR) is 115 cm³/mol. The number of anilines is 2. The molecule has 0 aromatic heterocycles. The van der Waals surface area contributed by atoms with Crippen LogP contribution in [0.2, 0.25) is 0 Å². The molecule has 2 aromatic rings. The van der Waals surface area contributed by atoms with E-state index in [9.17, 15) is 9.18 Å². The van der Waals surface area contributed by atoms with E-state index in [4.69, 9.17) is 4.74 Å². The lowest BCUT2D eigenvalue weighted by atomic mass is 9.86. The third-order valence-electron chi connectivity index (χ3n) is 6.67. The van der Waals surface area contributed by atoms with Gasteiger partial charge in [0.05, 0.1) is 17.8 Å². The molecule has 5 nitrogen and oxygen atoms in total. The van der Waals surface area contributed by atoms with Crippen LogP contribution in [0.3, 0.4) is 0 Å². The van der Waals surface area contributed by atoms with Gasteiger partial charge in [-0.15, -0.1) is 0 Å². The van der Waals surface area contributed by atoms with Crippen molar-refractivity contribution in [3.8, 4) is 0 Å². The minimum Gasteiger partial charge on any atom is -0.474 e. The molecule has 3 fully saturated rings. The van der Waals surface area contributed by atoms with Crippen LogP contribution < -0.4 is 9.80 Å². The second kappa shape index (κ2) is 7.43. The molecule has 2 aromatic carbocycles. The molecule has 3 saturated heterocycles. The van der Waals surface area contributed by atoms with Crippen molar-refractivity contribution in [2.75, 3.05) is 36.5 Å². The quantitative estimate of drug-likeness (QED) is 0.702. The van der Waals surface area contributed by atoms with Crippen LogP contribution in [0, 0.1) is 11.7 Å². The molecule has 0 aliphatic carbocycles. The molecule has 4 aliphatic rings. The first-order valence-corrected chi connectivity index (χ1v) is 10.5. The van der Waals surface area contributed by atoms with E-state index in [1.165, 1.54) is 25.0 Å². The fourth-order valence-electron chi connectivity index (χ4n) is 4.88. The van der Waals surface area contributed by atoms with Crippen molar-refractivity contribution in [1.82, 2.24) is 4.90 Å². The highest BCUT2D eigenvalue weighted by molar-refractivity contribution is 6.13. The Balaban J connectivity index is 1.36. The molecule has 0 spiro atoms. The first kappa shape index (κ1) is 19.1. The van der Waals surface area contributed by atoms with Crippen molar-refractivity contribution in [2.45, 2.75) is 25.5 Å². The number of hydrogen-bond acceptors (Lipinski definition) is 4. The maximum atomic E-state index is 13.3. The summed E-state index contributed by atoms with van der Waals surface area (Å²) < 4.78 is 19.6. The van der Waals surface area contributed by atoms with Gasteiger partial charge in [0.1, 0.15) is 11.9 Å². The number of hydrogen-bond donors (Lipinski definition) is 0. The third kappa shape index (κ3) is 3.25. The van der Waals surface area contributed by atoms with Crippen LogP contribution in [0.1, 0.15) is 28.8 Å². The predicted octanol–water partition coefficient (Wildman–Crippen LogP) is 4.00. The summed E-state index contributed by atoms with van der Waals surface area (Å²) in [6.45, 7) is 7.90. The fraction of sp³-hybridized carbons (Fsp3) is 0.375. The molecular formula is C24H26FN3O2. The topological polar surface area (TPSA) is 36.0 Å². The van der Waals surface area contributed by atoms with Crippen molar-refractivity contribution in [1.29, 1.82) is 0 Å². The van der Waals surface area contributed by atoms with E-state index in [1.54, 1.807) is 17.0 Å². The highest BCUT2D eigenvalue weighted by Gasteiger charge is 2.37. The van der Waals surface area contributed by atoms with Gasteiger partial charge < -0.3 is 14.5 Å². The zero-order valence-corrected chi connectivity index (χ0v) is 17.2. The standard InChI is InChI=1S/C24H26FN3O2/c1-16(30-22-15-27-12-10-17(22)11-13-27)26(2)21-5-3-4-18-14-28(24(29)23(18)21)20-8-6-19(25)7-9-20/h3-9,17,22H,1,10-15H2,2H3. The number of amides is 1. The van der Waals surface area contributed by atoms with E-state index in [0.29, 0.717) is 29.6 Å². The molecule has 0 saturated carbocycles. The summed E-state index contributed by atoms with van der Waals surface area (Å²) in [4.78, 5) is 19.3. The molecule has 4 aliphatic heterocycles. The molecule has 6 rings (SSSR count). The van der Waals surface area contributed by atoms with Gasteiger partial charge in [-0.05, 0) is 74.3 Å². The summed E-state index contributed by atoms with van der Waals surface area (Å²) in [6.07, 6.45) is 2.51. The van der Waals surface area contributed by atoms with Crippen LogP contribution in [-0.4, -0.2) is 43.6 Å². The first-order valence-electron chi connectivity index (χ1n) is 10.5. The molecule has 1 unspecified atom stereocenters. The van der Waals surface area contributed by atoms with Crippen molar-refractivity contribution in [3.05, 3.63) is 71.9 Å². The van der Waals surface area contributed by atoms with Crippen LogP contribution in [0.15, 0.2) is 54.9 Å². The lowest BCUT2D eigenvalue weighted by Gasteiger charge is -2.45. The third-order valence-corrected chi connectivity index (χ3v) is 6.67. The van der Waals surface area contributed by atoms with Gasteiger partial charge in [-0.2, -0.15) is 0 Å². The Bertz CT molecular complexity index is 982. The second-order valence-corrected chi connectivity index (χ2v) is 8.43. The average Bonchev–Trinajstić information content (AvgIpc) is 3.11. The van der Waals surface area contributed by atoms with Gasteiger partial charge in [-0.25, -0.2) is 4.39 Å². The molecule has 30 heavy (non-hydrogen) atoms. The minimum atomic E-state index is -0.315. The Morgan fingerprint density at radius 1 is 1.17 bits per heavy atom. The van der Waals surface area contributed by atoms with Crippen LogP contribution >= 0.6 is 0 Å². The van der Waals surface area contributed by atoms with Gasteiger partial charge in [0.15, 0.2) is 5.88 Å². The van der Waals surface area contributed by atoms with Gasteiger partial charge in [-0.1, -0.05) is 12.1 Å². The monoisotopic (exact) mass is 407 g/mol. The van der Waals surface area contributed by atoms with E-state index in [2.05, 4.69) is 11.5 Å². The summed E-state index contributed by atoms with van der Waals surface area (Å²) in [6, 6.07) is 11.9. The number of nitrogens with zero attached hydrogens (tertiary/aromatic N) is 3. The van der Waals surface area contributed by atoms with Crippen LogP contribution in [0.4, 0.5) is 15.8 Å².